The quantitative estimate of drug-likeness (QED) is 0.429. The van der Waals surface area contributed by atoms with Crippen LogP contribution >= 0.6 is 0 Å². The van der Waals surface area contributed by atoms with Crippen molar-refractivity contribution in [2.45, 2.75) is 12.8 Å². The third-order valence-corrected chi connectivity index (χ3v) is 5.37. The number of carbonyl (C=O) groups excluding carboxylic acids is 1. The zero-order chi connectivity index (χ0) is 21.9. The molecule has 0 aliphatic heterocycles. The lowest BCUT2D eigenvalue weighted by Gasteiger charge is -2.13. The van der Waals surface area contributed by atoms with Crippen molar-refractivity contribution in [1.29, 1.82) is 0 Å². The summed E-state index contributed by atoms with van der Waals surface area (Å²) < 4.78 is 1.65. The fraction of sp³-hybridized carbons (Fsp3) is 0.125. The van der Waals surface area contributed by atoms with Gasteiger partial charge in [0.15, 0.2) is 5.82 Å². The number of carbonyl (C=O) groups is 1. The van der Waals surface area contributed by atoms with Gasteiger partial charge in [-0.05, 0) is 58.3 Å². The summed E-state index contributed by atoms with van der Waals surface area (Å²) in [6.45, 7) is 2.67. The zero-order valence-electron chi connectivity index (χ0n) is 17.4. The average molecular weight is 423 g/mol. The highest BCUT2D eigenvalue weighted by atomic mass is 16.1. The Hall–Kier alpha value is -4.33. The normalized spacial score (nSPS) is 12.0. The summed E-state index contributed by atoms with van der Waals surface area (Å²) in [5, 5.41) is 18.2. The van der Waals surface area contributed by atoms with E-state index in [-0.39, 0.29) is 11.8 Å². The lowest BCUT2D eigenvalue weighted by atomic mass is 10.0. The maximum Gasteiger partial charge on any atom is 0.251 e. The third-order valence-electron chi connectivity index (χ3n) is 5.37. The molecular formula is C24H21N7O. The van der Waals surface area contributed by atoms with Crippen LogP contribution in [0.3, 0.4) is 0 Å². The van der Waals surface area contributed by atoms with Gasteiger partial charge in [0, 0.05) is 17.8 Å². The molecule has 0 saturated carbocycles. The molecule has 0 aliphatic carbocycles. The molecule has 5 rings (SSSR count). The molecule has 0 unspecified atom stereocenters. The van der Waals surface area contributed by atoms with E-state index in [2.05, 4.69) is 50.2 Å². The Morgan fingerprint density at radius 2 is 1.72 bits per heavy atom. The molecule has 5 aromatic rings. The number of rotatable bonds is 6. The van der Waals surface area contributed by atoms with E-state index in [0.29, 0.717) is 23.6 Å². The molecule has 1 amide bonds. The highest BCUT2D eigenvalue weighted by Gasteiger charge is 2.13. The molecule has 158 valence electrons. The van der Waals surface area contributed by atoms with Gasteiger partial charge in [-0.3, -0.25) is 4.79 Å². The summed E-state index contributed by atoms with van der Waals surface area (Å²) in [7, 11) is 0. The molecule has 8 heteroatoms. The number of tetrazole rings is 1. The molecule has 2 aromatic heterocycles. The second kappa shape index (κ2) is 8.43. The fourth-order valence-corrected chi connectivity index (χ4v) is 3.58. The fourth-order valence-electron chi connectivity index (χ4n) is 3.58. The number of aromatic nitrogens is 5. The Morgan fingerprint density at radius 1 is 0.969 bits per heavy atom. The molecular weight excluding hydrogens is 402 g/mol. The number of hydrogen-bond donors (Lipinski definition) is 2. The van der Waals surface area contributed by atoms with E-state index >= 15 is 0 Å². The zero-order valence-corrected chi connectivity index (χ0v) is 17.4. The number of amides is 1. The summed E-state index contributed by atoms with van der Waals surface area (Å²) >= 11 is 0. The predicted octanol–water partition coefficient (Wildman–Crippen LogP) is 3.95. The van der Waals surface area contributed by atoms with Gasteiger partial charge in [0.2, 0.25) is 5.65 Å². The first kappa shape index (κ1) is 19.6. The molecule has 0 spiro atoms. The molecule has 0 fully saturated rings. The summed E-state index contributed by atoms with van der Waals surface area (Å²) in [6, 6.07) is 25.1. The average Bonchev–Trinajstić information content (AvgIpc) is 3.34. The molecule has 2 heterocycles. The minimum Gasteiger partial charge on any atom is -0.351 e. The molecule has 0 radical (unpaired) electrons. The largest absolute Gasteiger partial charge is 0.351 e. The highest BCUT2D eigenvalue weighted by molar-refractivity contribution is 5.94. The number of para-hydroxylation sites is 2. The third kappa shape index (κ3) is 3.85. The van der Waals surface area contributed by atoms with Gasteiger partial charge in [0.05, 0.1) is 11.0 Å². The van der Waals surface area contributed by atoms with Crippen molar-refractivity contribution >= 4 is 34.1 Å². The molecule has 2 N–H and O–H groups in total. The predicted molar refractivity (Wildman–Crippen MR) is 123 cm³/mol. The molecule has 1 atom stereocenters. The van der Waals surface area contributed by atoms with Crippen molar-refractivity contribution in [3.05, 3.63) is 90.0 Å². The Labute approximate surface area is 184 Å². The second-order valence-corrected chi connectivity index (χ2v) is 7.59. The lowest BCUT2D eigenvalue weighted by molar-refractivity contribution is 0.0951. The summed E-state index contributed by atoms with van der Waals surface area (Å²) in [4.78, 5) is 17.2. The van der Waals surface area contributed by atoms with Crippen LogP contribution in [0.25, 0.3) is 16.7 Å². The van der Waals surface area contributed by atoms with Crippen LogP contribution < -0.4 is 10.6 Å². The van der Waals surface area contributed by atoms with Crippen molar-refractivity contribution in [3.8, 4) is 0 Å². The Bertz CT molecular complexity index is 1380. The first-order valence-electron chi connectivity index (χ1n) is 10.4. The number of benzene rings is 3. The van der Waals surface area contributed by atoms with E-state index in [4.69, 9.17) is 0 Å². The van der Waals surface area contributed by atoms with Gasteiger partial charge in [0.25, 0.3) is 5.91 Å². The van der Waals surface area contributed by atoms with E-state index in [0.717, 1.165) is 16.7 Å². The summed E-state index contributed by atoms with van der Waals surface area (Å²) in [6.07, 6.45) is 0. The van der Waals surface area contributed by atoms with E-state index in [9.17, 15) is 4.79 Å². The van der Waals surface area contributed by atoms with Gasteiger partial charge >= 0.3 is 0 Å². The Kier molecular flexibility index (Phi) is 5.17. The van der Waals surface area contributed by atoms with Crippen LogP contribution in [0, 0.1) is 0 Å². The van der Waals surface area contributed by atoms with Crippen LogP contribution in [0.5, 0.6) is 0 Å². The number of anilines is 2. The summed E-state index contributed by atoms with van der Waals surface area (Å²) in [5.74, 6) is 0.675. The number of nitrogens with one attached hydrogen (secondary N) is 2. The van der Waals surface area contributed by atoms with Crippen molar-refractivity contribution < 1.29 is 4.79 Å². The molecule has 0 saturated heterocycles. The van der Waals surface area contributed by atoms with Gasteiger partial charge in [0.1, 0.15) is 0 Å². The minimum atomic E-state index is -0.104. The maximum atomic E-state index is 12.6. The monoisotopic (exact) mass is 423 g/mol. The second-order valence-electron chi connectivity index (χ2n) is 7.59. The van der Waals surface area contributed by atoms with Gasteiger partial charge < -0.3 is 10.6 Å². The van der Waals surface area contributed by atoms with Crippen LogP contribution in [0.2, 0.25) is 0 Å². The van der Waals surface area contributed by atoms with Crippen molar-refractivity contribution in [1.82, 2.24) is 30.3 Å². The molecule has 0 aliphatic rings. The topological polar surface area (TPSA) is 97.1 Å². The number of nitrogens with zero attached hydrogens (tertiary/aromatic N) is 5. The SMILES string of the molecule is C[C@@H](CNC(=O)c1ccc(Nc2nc3ccccc3n3nnnc23)cc1)c1ccccc1. The van der Waals surface area contributed by atoms with E-state index in [1.54, 1.807) is 16.6 Å². The van der Waals surface area contributed by atoms with E-state index in [1.807, 2.05) is 54.6 Å². The van der Waals surface area contributed by atoms with Crippen LogP contribution in [0.4, 0.5) is 11.5 Å². The van der Waals surface area contributed by atoms with Crippen LogP contribution in [-0.4, -0.2) is 37.5 Å². The lowest BCUT2D eigenvalue weighted by Crippen LogP contribution is -2.27. The first-order valence-corrected chi connectivity index (χ1v) is 10.4. The molecule has 3 aromatic carbocycles. The highest BCUT2D eigenvalue weighted by Crippen LogP contribution is 2.22. The molecule has 0 bridgehead atoms. The van der Waals surface area contributed by atoms with Crippen molar-refractivity contribution in [3.63, 3.8) is 0 Å². The Morgan fingerprint density at radius 3 is 2.53 bits per heavy atom. The Balaban J connectivity index is 1.30. The first-order chi connectivity index (χ1) is 15.7. The van der Waals surface area contributed by atoms with Gasteiger partial charge in [-0.2, -0.15) is 4.52 Å². The summed E-state index contributed by atoms with van der Waals surface area (Å²) in [5.41, 5.74) is 4.71. The van der Waals surface area contributed by atoms with Gasteiger partial charge in [-0.1, -0.05) is 49.4 Å². The number of hydrogen-bond acceptors (Lipinski definition) is 6. The van der Waals surface area contributed by atoms with E-state index in [1.165, 1.54) is 5.56 Å². The molecule has 8 nitrogen and oxygen atoms in total. The van der Waals surface area contributed by atoms with Crippen LogP contribution in [-0.2, 0) is 0 Å². The van der Waals surface area contributed by atoms with E-state index < -0.39 is 0 Å². The van der Waals surface area contributed by atoms with Gasteiger partial charge in [-0.15, -0.1) is 5.10 Å². The standard InChI is InChI=1S/C24H21N7O/c1-16(17-7-3-2-4-8-17)15-25-24(32)18-11-13-19(14-12-18)26-22-23-28-29-30-31(23)21-10-6-5-9-20(21)27-22/h2-14,16H,15H2,1H3,(H,25,32)(H,26,27)/t16-/m0/s1. The number of fused-ring (bicyclic) bond motifs is 3. The van der Waals surface area contributed by atoms with Crippen molar-refractivity contribution in [2.24, 2.45) is 0 Å². The van der Waals surface area contributed by atoms with Gasteiger partial charge in [-0.25, -0.2) is 4.98 Å². The minimum absolute atomic E-state index is 0.104. The van der Waals surface area contributed by atoms with Crippen LogP contribution in [0.1, 0.15) is 28.8 Å². The smallest absolute Gasteiger partial charge is 0.251 e. The van der Waals surface area contributed by atoms with Crippen LogP contribution in [0.15, 0.2) is 78.9 Å². The maximum absolute atomic E-state index is 12.6. The molecule has 32 heavy (non-hydrogen) atoms. The van der Waals surface area contributed by atoms with Crippen molar-refractivity contribution in [2.75, 3.05) is 11.9 Å².